The molecule has 1 rings (SSSR count). The molecule has 21 heavy (non-hydrogen) atoms. The summed E-state index contributed by atoms with van der Waals surface area (Å²) in [6, 6.07) is 2.48. The van der Waals surface area contributed by atoms with E-state index >= 15 is 0 Å². The largest absolute Gasteiger partial charge is 0.246 e. The highest BCUT2D eigenvalue weighted by molar-refractivity contribution is 7.89. The summed E-state index contributed by atoms with van der Waals surface area (Å²) >= 11 is 11.5. The maximum absolute atomic E-state index is 14.3. The molecule has 0 aromatic heterocycles. The Morgan fingerprint density at radius 3 is 2.43 bits per heavy atom. The van der Waals surface area contributed by atoms with Crippen molar-refractivity contribution in [3.8, 4) is 0 Å². The fraction of sp³-hybridized carbons (Fsp3) is 0.571. The SMILES string of the molecule is CCC(C)CN(CC)S(=O)(=O)c1cc(Cl)cc(CCl)c1F. The summed E-state index contributed by atoms with van der Waals surface area (Å²) in [4.78, 5) is -0.407. The summed E-state index contributed by atoms with van der Waals surface area (Å²) in [6.45, 7) is 6.28. The molecule has 0 fully saturated rings. The smallest absolute Gasteiger partial charge is 0.207 e. The van der Waals surface area contributed by atoms with Crippen LogP contribution < -0.4 is 0 Å². The zero-order valence-corrected chi connectivity index (χ0v) is 14.7. The molecule has 1 unspecified atom stereocenters. The number of nitrogens with zero attached hydrogens (tertiary/aromatic N) is 1. The van der Waals surface area contributed by atoms with Crippen LogP contribution in [-0.2, 0) is 15.9 Å². The number of sulfonamides is 1. The minimum atomic E-state index is -3.93. The molecule has 1 atom stereocenters. The normalized spacial score (nSPS) is 13.7. The molecule has 0 saturated carbocycles. The predicted octanol–water partition coefficient (Wildman–Crippen LogP) is 4.27. The van der Waals surface area contributed by atoms with E-state index in [1.807, 2.05) is 13.8 Å². The van der Waals surface area contributed by atoms with E-state index in [0.29, 0.717) is 6.54 Å². The van der Waals surface area contributed by atoms with Crippen molar-refractivity contribution in [2.45, 2.75) is 38.0 Å². The first-order chi connectivity index (χ1) is 9.77. The molecule has 0 N–H and O–H groups in total. The van der Waals surface area contributed by atoms with Gasteiger partial charge in [0.15, 0.2) is 0 Å². The van der Waals surface area contributed by atoms with Gasteiger partial charge in [0.1, 0.15) is 10.7 Å². The van der Waals surface area contributed by atoms with Gasteiger partial charge in [0.2, 0.25) is 10.0 Å². The highest BCUT2D eigenvalue weighted by atomic mass is 35.5. The van der Waals surface area contributed by atoms with Gasteiger partial charge in [0.05, 0.1) is 5.88 Å². The van der Waals surface area contributed by atoms with Gasteiger partial charge in [0, 0.05) is 23.7 Å². The Labute approximate surface area is 136 Å². The first kappa shape index (κ1) is 18.7. The molecule has 0 saturated heterocycles. The highest BCUT2D eigenvalue weighted by Gasteiger charge is 2.29. The average molecular weight is 356 g/mol. The number of hydrogen-bond donors (Lipinski definition) is 0. The van der Waals surface area contributed by atoms with Crippen LogP contribution >= 0.6 is 23.2 Å². The minimum Gasteiger partial charge on any atom is -0.207 e. The van der Waals surface area contributed by atoms with E-state index in [1.165, 1.54) is 10.4 Å². The third-order valence-electron chi connectivity index (χ3n) is 3.41. The Bertz CT molecular complexity index is 593. The second-order valence-electron chi connectivity index (χ2n) is 4.98. The van der Waals surface area contributed by atoms with Crippen LogP contribution in [0.2, 0.25) is 5.02 Å². The van der Waals surface area contributed by atoms with Gasteiger partial charge in [-0.2, -0.15) is 4.31 Å². The lowest BCUT2D eigenvalue weighted by Gasteiger charge is -2.24. The summed E-state index contributed by atoms with van der Waals surface area (Å²) in [5.41, 5.74) is 0.0855. The van der Waals surface area contributed by atoms with E-state index < -0.39 is 20.7 Å². The Balaban J connectivity index is 3.32. The van der Waals surface area contributed by atoms with Crippen molar-refractivity contribution in [3.05, 3.63) is 28.5 Å². The molecular formula is C14H20Cl2FNO2S. The number of alkyl halides is 1. The average Bonchev–Trinajstić information content (AvgIpc) is 2.45. The summed E-state index contributed by atoms with van der Waals surface area (Å²) in [7, 11) is -3.93. The minimum absolute atomic E-state index is 0.0855. The second kappa shape index (κ2) is 7.77. The van der Waals surface area contributed by atoms with Gasteiger partial charge in [-0.25, -0.2) is 12.8 Å². The molecular weight excluding hydrogens is 336 g/mol. The van der Waals surface area contributed by atoms with Crippen LogP contribution in [0.5, 0.6) is 0 Å². The fourth-order valence-electron chi connectivity index (χ4n) is 1.92. The van der Waals surface area contributed by atoms with Crippen LogP contribution in [-0.4, -0.2) is 25.8 Å². The molecule has 0 bridgehead atoms. The van der Waals surface area contributed by atoms with Crippen molar-refractivity contribution in [1.82, 2.24) is 4.31 Å². The molecule has 3 nitrogen and oxygen atoms in total. The Morgan fingerprint density at radius 1 is 1.33 bits per heavy atom. The molecule has 0 aliphatic rings. The van der Waals surface area contributed by atoms with Crippen LogP contribution in [0.4, 0.5) is 4.39 Å². The van der Waals surface area contributed by atoms with Crippen LogP contribution in [0.15, 0.2) is 17.0 Å². The van der Waals surface area contributed by atoms with E-state index in [-0.39, 0.29) is 28.9 Å². The third kappa shape index (κ3) is 4.31. The molecule has 0 spiro atoms. The quantitative estimate of drug-likeness (QED) is 0.684. The second-order valence-corrected chi connectivity index (χ2v) is 7.59. The van der Waals surface area contributed by atoms with Crippen molar-refractivity contribution < 1.29 is 12.8 Å². The van der Waals surface area contributed by atoms with Crippen LogP contribution in [0.3, 0.4) is 0 Å². The predicted molar refractivity (Wildman–Crippen MR) is 84.9 cm³/mol. The van der Waals surface area contributed by atoms with E-state index in [9.17, 15) is 12.8 Å². The van der Waals surface area contributed by atoms with E-state index in [2.05, 4.69) is 0 Å². The lowest BCUT2D eigenvalue weighted by atomic mass is 10.1. The number of hydrogen-bond acceptors (Lipinski definition) is 2. The van der Waals surface area contributed by atoms with Gasteiger partial charge in [0.25, 0.3) is 0 Å². The monoisotopic (exact) mass is 355 g/mol. The maximum atomic E-state index is 14.3. The van der Waals surface area contributed by atoms with Gasteiger partial charge in [-0.1, -0.05) is 38.8 Å². The Kier molecular flexibility index (Phi) is 6.91. The van der Waals surface area contributed by atoms with Crippen molar-refractivity contribution >= 4 is 33.2 Å². The van der Waals surface area contributed by atoms with Gasteiger partial charge in [-0.05, 0) is 18.1 Å². The first-order valence-electron chi connectivity index (χ1n) is 6.81. The summed E-state index contributed by atoms with van der Waals surface area (Å²) in [5.74, 6) is -0.765. The molecule has 0 aliphatic heterocycles. The molecule has 0 heterocycles. The summed E-state index contributed by atoms with van der Waals surface area (Å²) in [5, 5.41) is 0.158. The number of benzene rings is 1. The van der Waals surface area contributed by atoms with E-state index in [4.69, 9.17) is 23.2 Å². The molecule has 120 valence electrons. The summed E-state index contributed by atoms with van der Waals surface area (Å²) < 4.78 is 40.9. The van der Waals surface area contributed by atoms with Gasteiger partial charge in [-0.15, -0.1) is 11.6 Å². The van der Waals surface area contributed by atoms with E-state index in [0.717, 1.165) is 12.5 Å². The zero-order chi connectivity index (χ0) is 16.2. The maximum Gasteiger partial charge on any atom is 0.246 e. The third-order valence-corrected chi connectivity index (χ3v) is 5.85. The van der Waals surface area contributed by atoms with Crippen LogP contribution in [0, 0.1) is 11.7 Å². The van der Waals surface area contributed by atoms with Gasteiger partial charge >= 0.3 is 0 Å². The van der Waals surface area contributed by atoms with Crippen molar-refractivity contribution in [2.24, 2.45) is 5.92 Å². The zero-order valence-electron chi connectivity index (χ0n) is 12.4. The van der Waals surface area contributed by atoms with Gasteiger partial charge < -0.3 is 0 Å². The number of rotatable bonds is 7. The molecule has 1 aromatic rings. The first-order valence-corrected chi connectivity index (χ1v) is 9.17. The fourth-order valence-corrected chi connectivity index (χ4v) is 4.12. The Morgan fingerprint density at radius 2 is 1.95 bits per heavy atom. The molecule has 7 heteroatoms. The lowest BCUT2D eigenvalue weighted by molar-refractivity contribution is 0.359. The molecule has 0 amide bonds. The lowest BCUT2D eigenvalue weighted by Crippen LogP contribution is -2.35. The van der Waals surface area contributed by atoms with Gasteiger partial charge in [-0.3, -0.25) is 0 Å². The highest BCUT2D eigenvalue weighted by Crippen LogP contribution is 2.27. The Hall–Kier alpha value is -0.360. The molecule has 0 aliphatic carbocycles. The van der Waals surface area contributed by atoms with E-state index in [1.54, 1.807) is 6.92 Å². The van der Waals surface area contributed by atoms with Crippen LogP contribution in [0.1, 0.15) is 32.8 Å². The topological polar surface area (TPSA) is 37.4 Å². The van der Waals surface area contributed by atoms with Crippen molar-refractivity contribution in [1.29, 1.82) is 0 Å². The molecule has 0 radical (unpaired) electrons. The van der Waals surface area contributed by atoms with Crippen molar-refractivity contribution in [3.63, 3.8) is 0 Å². The number of halogens is 3. The standard InChI is InChI=1S/C14H20Cl2FNO2S/c1-4-10(3)9-18(5-2)21(19,20)13-7-12(16)6-11(8-15)14(13)17/h6-7,10H,4-5,8-9H2,1-3H3. The summed E-state index contributed by atoms with van der Waals surface area (Å²) in [6.07, 6.45) is 0.844. The molecule has 1 aromatic carbocycles. The van der Waals surface area contributed by atoms with Crippen LogP contribution in [0.25, 0.3) is 0 Å². The van der Waals surface area contributed by atoms with Crippen molar-refractivity contribution in [2.75, 3.05) is 13.1 Å².